The Hall–Kier alpha value is -0.480. The van der Waals surface area contributed by atoms with Gasteiger partial charge in [-0.2, -0.15) is 0 Å². The topological polar surface area (TPSA) is 18.8 Å². The van der Waals surface area contributed by atoms with Gasteiger partial charge in [-0.05, 0) is 46.6 Å². The highest BCUT2D eigenvalue weighted by molar-refractivity contribution is 7.78. The molecule has 0 radical (unpaired) electrons. The summed E-state index contributed by atoms with van der Waals surface area (Å²) in [5.41, 5.74) is 1.27. The van der Waals surface area contributed by atoms with Crippen molar-refractivity contribution in [1.29, 1.82) is 0 Å². The van der Waals surface area contributed by atoms with Gasteiger partial charge in [0.15, 0.2) is 0 Å². The Bertz CT molecular complexity index is 273. The summed E-state index contributed by atoms with van der Waals surface area (Å²) in [5, 5.41) is 0. The summed E-state index contributed by atoms with van der Waals surface area (Å²) in [6, 6.07) is 1.26. The van der Waals surface area contributed by atoms with Crippen molar-refractivity contribution in [2.45, 2.75) is 39.8 Å². The van der Waals surface area contributed by atoms with E-state index in [-0.39, 0.29) is 0 Å². The van der Waals surface area contributed by atoms with Crippen LogP contribution in [0.2, 0.25) is 0 Å². The molecule has 0 N–H and O–H groups in total. The Morgan fingerprint density at radius 1 is 1.44 bits per heavy atom. The van der Waals surface area contributed by atoms with Gasteiger partial charge in [-0.1, -0.05) is 0 Å². The summed E-state index contributed by atoms with van der Waals surface area (Å²) in [5.74, 6) is 0. The third kappa shape index (κ3) is 3.52. The fraction of sp³-hybridized carbons (Fsp3) is 0.750. The van der Waals surface area contributed by atoms with Crippen LogP contribution < -0.4 is 0 Å². The Morgan fingerprint density at radius 3 is 2.62 bits per heavy atom. The van der Waals surface area contributed by atoms with Crippen molar-refractivity contribution in [3.63, 3.8) is 0 Å². The molecule has 1 fully saturated rings. The zero-order valence-electron chi connectivity index (χ0n) is 10.7. The maximum absolute atomic E-state index is 3.82. The Morgan fingerprint density at radius 2 is 2.12 bits per heavy atom. The van der Waals surface area contributed by atoms with Crippen LogP contribution in [-0.4, -0.2) is 47.7 Å². The van der Waals surface area contributed by atoms with Crippen molar-refractivity contribution in [3.8, 4) is 0 Å². The van der Waals surface area contributed by atoms with Gasteiger partial charge in [0.05, 0.1) is 0 Å². The van der Waals surface area contributed by atoms with Crippen LogP contribution in [0.5, 0.6) is 0 Å². The average Bonchev–Trinajstić information content (AvgIpc) is 2.25. The first-order chi connectivity index (χ1) is 7.56. The van der Waals surface area contributed by atoms with E-state index in [2.05, 4.69) is 54.7 Å². The number of piperazine rings is 1. The Kier molecular flexibility index (Phi) is 5.35. The molecule has 1 saturated heterocycles. The summed E-state index contributed by atoms with van der Waals surface area (Å²) >= 11 is 3.82. The first-order valence-corrected chi connectivity index (χ1v) is 6.31. The maximum Gasteiger partial charge on any atom is 0.0365 e. The third-order valence-electron chi connectivity index (χ3n) is 3.22. The molecule has 0 bridgehead atoms. The first-order valence-electron chi connectivity index (χ1n) is 5.91. The predicted molar refractivity (Wildman–Crippen MR) is 74.1 cm³/mol. The smallest absolute Gasteiger partial charge is 0.0365 e. The lowest BCUT2D eigenvalue weighted by Crippen LogP contribution is -2.53. The number of allylic oxidation sites excluding steroid dienone is 2. The molecule has 1 unspecified atom stereocenters. The van der Waals surface area contributed by atoms with Crippen molar-refractivity contribution in [3.05, 3.63) is 11.8 Å². The fourth-order valence-corrected chi connectivity index (χ4v) is 2.37. The predicted octanol–water partition coefficient (Wildman–Crippen LogP) is 2.22. The molecule has 0 amide bonds. The zero-order valence-corrected chi connectivity index (χ0v) is 11.6. The SMILES string of the molecule is C/C(=C\C=N/S)N1CCN(C(C)C)C(C)C1. The molecule has 16 heavy (non-hydrogen) atoms. The lowest BCUT2D eigenvalue weighted by atomic mass is 10.1. The summed E-state index contributed by atoms with van der Waals surface area (Å²) in [6.45, 7) is 12.3. The number of nitrogens with zero attached hydrogens (tertiary/aromatic N) is 3. The van der Waals surface area contributed by atoms with Gasteiger partial charge in [-0.25, -0.2) is 4.40 Å². The quantitative estimate of drug-likeness (QED) is 0.603. The van der Waals surface area contributed by atoms with Gasteiger partial charge in [0, 0.05) is 43.6 Å². The lowest BCUT2D eigenvalue weighted by Gasteiger charge is -2.43. The summed E-state index contributed by atoms with van der Waals surface area (Å²) < 4.78 is 3.69. The van der Waals surface area contributed by atoms with Gasteiger partial charge in [-0.15, -0.1) is 0 Å². The molecule has 3 nitrogen and oxygen atoms in total. The minimum absolute atomic E-state index is 0.616. The van der Waals surface area contributed by atoms with Crippen LogP contribution in [-0.2, 0) is 0 Å². The van der Waals surface area contributed by atoms with E-state index >= 15 is 0 Å². The first kappa shape index (κ1) is 13.6. The Balaban J connectivity index is 2.57. The van der Waals surface area contributed by atoms with Gasteiger partial charge in [0.2, 0.25) is 0 Å². The fourth-order valence-electron chi connectivity index (χ4n) is 2.31. The monoisotopic (exact) mass is 241 g/mol. The Labute approximate surface area is 105 Å². The second-order valence-electron chi connectivity index (χ2n) is 4.70. The van der Waals surface area contributed by atoms with Gasteiger partial charge >= 0.3 is 0 Å². The molecular weight excluding hydrogens is 218 g/mol. The second kappa shape index (κ2) is 6.30. The minimum Gasteiger partial charge on any atom is -0.372 e. The minimum atomic E-state index is 0.616. The van der Waals surface area contributed by atoms with Crippen LogP contribution in [0.3, 0.4) is 0 Å². The summed E-state index contributed by atoms with van der Waals surface area (Å²) in [7, 11) is 0. The van der Waals surface area contributed by atoms with E-state index in [1.54, 1.807) is 6.21 Å². The van der Waals surface area contributed by atoms with Crippen molar-refractivity contribution >= 4 is 19.0 Å². The highest BCUT2D eigenvalue weighted by atomic mass is 32.1. The standard InChI is InChI=1S/C12H23N3S/c1-10(2)15-8-7-14(9-12(15)4)11(3)5-6-13-16/h5-6,10,12,16H,7-9H2,1-4H3/b11-5+,13-6-. The largest absolute Gasteiger partial charge is 0.372 e. The molecule has 1 heterocycles. The molecule has 0 aromatic carbocycles. The van der Waals surface area contributed by atoms with E-state index < -0.39 is 0 Å². The van der Waals surface area contributed by atoms with Crippen molar-refractivity contribution in [2.75, 3.05) is 19.6 Å². The van der Waals surface area contributed by atoms with Gasteiger partial charge in [0.25, 0.3) is 0 Å². The highest BCUT2D eigenvalue weighted by Crippen LogP contribution is 2.16. The van der Waals surface area contributed by atoms with Crippen molar-refractivity contribution < 1.29 is 0 Å². The van der Waals surface area contributed by atoms with Crippen molar-refractivity contribution in [1.82, 2.24) is 9.80 Å². The molecule has 1 aliphatic heterocycles. The molecule has 92 valence electrons. The van der Waals surface area contributed by atoms with E-state index in [1.165, 1.54) is 5.70 Å². The molecule has 0 aliphatic carbocycles. The van der Waals surface area contributed by atoms with Crippen LogP contribution in [0, 0.1) is 0 Å². The average molecular weight is 241 g/mol. The molecule has 1 aliphatic rings. The van der Waals surface area contributed by atoms with Gasteiger partial charge in [0.1, 0.15) is 0 Å². The molecule has 0 spiro atoms. The molecule has 0 aromatic heterocycles. The van der Waals surface area contributed by atoms with E-state index in [0.717, 1.165) is 19.6 Å². The van der Waals surface area contributed by atoms with Crippen LogP contribution in [0.1, 0.15) is 27.7 Å². The zero-order chi connectivity index (χ0) is 12.1. The van der Waals surface area contributed by atoms with E-state index in [9.17, 15) is 0 Å². The summed E-state index contributed by atoms with van der Waals surface area (Å²) in [4.78, 5) is 4.97. The van der Waals surface area contributed by atoms with E-state index in [4.69, 9.17) is 0 Å². The maximum atomic E-state index is 3.82. The molecule has 1 atom stereocenters. The molecule has 0 aromatic rings. The van der Waals surface area contributed by atoms with Crippen LogP contribution in [0.4, 0.5) is 0 Å². The number of thiol groups is 1. The van der Waals surface area contributed by atoms with Crippen molar-refractivity contribution in [2.24, 2.45) is 4.40 Å². The lowest BCUT2D eigenvalue weighted by molar-refractivity contribution is 0.0778. The van der Waals surface area contributed by atoms with E-state index in [1.807, 2.05) is 6.08 Å². The molecule has 1 rings (SSSR count). The van der Waals surface area contributed by atoms with Gasteiger partial charge < -0.3 is 4.90 Å². The van der Waals surface area contributed by atoms with Crippen LogP contribution >= 0.6 is 12.8 Å². The van der Waals surface area contributed by atoms with Crippen LogP contribution in [0.15, 0.2) is 16.2 Å². The molecular formula is C12H23N3S. The number of rotatable bonds is 3. The van der Waals surface area contributed by atoms with E-state index in [0.29, 0.717) is 12.1 Å². The molecule has 0 saturated carbocycles. The van der Waals surface area contributed by atoms with Gasteiger partial charge in [-0.3, -0.25) is 4.90 Å². The number of hydrogen-bond donors (Lipinski definition) is 1. The summed E-state index contributed by atoms with van der Waals surface area (Å²) in [6.07, 6.45) is 3.75. The second-order valence-corrected chi connectivity index (χ2v) is 4.93. The molecule has 4 heteroatoms. The van der Waals surface area contributed by atoms with Crippen LogP contribution in [0.25, 0.3) is 0 Å². The number of hydrogen-bond acceptors (Lipinski definition) is 4. The normalized spacial score (nSPS) is 24.8. The third-order valence-corrected chi connectivity index (χ3v) is 3.36. The highest BCUT2D eigenvalue weighted by Gasteiger charge is 2.24.